The van der Waals surface area contributed by atoms with E-state index < -0.39 is 17.4 Å². The SMILES string of the molecule is CC(C)(C)[C@@H]1CCC(=O)[C@@H]([C@@]2(O)C(=O)N(Cc3ccc(Cl)cc3)c3ccccc32)C1. The highest BCUT2D eigenvalue weighted by molar-refractivity contribution is 6.30. The molecule has 2 aliphatic rings. The maximum atomic E-state index is 13.7. The molecule has 2 aromatic carbocycles. The number of fused-ring (bicyclic) bond motifs is 1. The third kappa shape index (κ3) is 3.46. The van der Waals surface area contributed by atoms with Crippen LogP contribution in [0.15, 0.2) is 48.5 Å². The van der Waals surface area contributed by atoms with Crippen molar-refractivity contribution in [1.82, 2.24) is 0 Å². The number of Topliss-reactive ketones (excluding diaryl/α,β-unsaturated/α-hetero) is 1. The van der Waals surface area contributed by atoms with Crippen LogP contribution in [0.2, 0.25) is 5.02 Å². The fourth-order valence-corrected chi connectivity index (χ4v) is 5.07. The van der Waals surface area contributed by atoms with Crippen LogP contribution in [0.1, 0.15) is 51.2 Å². The average molecular weight is 426 g/mol. The Hall–Kier alpha value is -2.17. The third-order valence-electron chi connectivity index (χ3n) is 6.81. The number of halogens is 1. The summed E-state index contributed by atoms with van der Waals surface area (Å²) in [5.41, 5.74) is 0.320. The second kappa shape index (κ2) is 7.51. The van der Waals surface area contributed by atoms with Gasteiger partial charge in [-0.2, -0.15) is 0 Å². The van der Waals surface area contributed by atoms with Gasteiger partial charge in [-0.25, -0.2) is 0 Å². The number of amides is 1. The highest BCUT2D eigenvalue weighted by Gasteiger charge is 2.58. The van der Waals surface area contributed by atoms with E-state index in [4.69, 9.17) is 11.6 Å². The highest BCUT2D eigenvalue weighted by atomic mass is 35.5. The number of hydrogen-bond acceptors (Lipinski definition) is 3. The van der Waals surface area contributed by atoms with Crippen molar-refractivity contribution in [2.24, 2.45) is 17.3 Å². The Balaban J connectivity index is 1.73. The molecule has 30 heavy (non-hydrogen) atoms. The molecule has 1 saturated carbocycles. The zero-order valence-electron chi connectivity index (χ0n) is 17.7. The van der Waals surface area contributed by atoms with E-state index >= 15 is 0 Å². The number of carbonyl (C=O) groups excluding carboxylic acids is 2. The summed E-state index contributed by atoms with van der Waals surface area (Å²) in [4.78, 5) is 28.2. The van der Waals surface area contributed by atoms with E-state index in [-0.39, 0.29) is 17.1 Å². The Labute approximate surface area is 182 Å². The quantitative estimate of drug-likeness (QED) is 0.743. The topological polar surface area (TPSA) is 57.6 Å². The zero-order chi connectivity index (χ0) is 21.7. The Morgan fingerprint density at radius 1 is 1.10 bits per heavy atom. The molecule has 4 nitrogen and oxygen atoms in total. The molecule has 1 fully saturated rings. The van der Waals surface area contributed by atoms with Crippen LogP contribution in [0.5, 0.6) is 0 Å². The molecule has 1 amide bonds. The third-order valence-corrected chi connectivity index (χ3v) is 7.06. The second-order valence-corrected chi connectivity index (χ2v) is 10.1. The molecule has 2 aromatic rings. The lowest BCUT2D eigenvalue weighted by molar-refractivity contribution is -0.154. The normalized spacial score (nSPS) is 26.8. The second-order valence-electron chi connectivity index (χ2n) is 9.66. The van der Waals surface area contributed by atoms with Crippen molar-refractivity contribution in [1.29, 1.82) is 0 Å². The van der Waals surface area contributed by atoms with Crippen LogP contribution in [0.4, 0.5) is 5.69 Å². The summed E-state index contributed by atoms with van der Waals surface area (Å²) >= 11 is 5.99. The van der Waals surface area contributed by atoms with Crippen LogP contribution in [-0.4, -0.2) is 16.8 Å². The molecule has 0 aromatic heterocycles. The van der Waals surface area contributed by atoms with Gasteiger partial charge in [0.05, 0.1) is 18.2 Å². The van der Waals surface area contributed by atoms with Crippen LogP contribution in [0, 0.1) is 17.3 Å². The number of aliphatic hydroxyl groups is 1. The van der Waals surface area contributed by atoms with Crippen molar-refractivity contribution < 1.29 is 14.7 Å². The summed E-state index contributed by atoms with van der Waals surface area (Å²) in [5, 5.41) is 12.5. The Morgan fingerprint density at radius 3 is 2.43 bits per heavy atom. The zero-order valence-corrected chi connectivity index (χ0v) is 18.4. The molecule has 1 heterocycles. The van der Waals surface area contributed by atoms with Crippen LogP contribution in [0.3, 0.4) is 0 Å². The van der Waals surface area contributed by atoms with Crippen molar-refractivity contribution in [3.63, 3.8) is 0 Å². The average Bonchev–Trinajstić information content (AvgIpc) is 2.92. The number of ketones is 1. The summed E-state index contributed by atoms with van der Waals surface area (Å²) in [6, 6.07) is 14.6. The van der Waals surface area contributed by atoms with Crippen molar-refractivity contribution in [2.45, 2.75) is 52.2 Å². The molecule has 1 N–H and O–H groups in total. The van der Waals surface area contributed by atoms with E-state index in [1.807, 2.05) is 30.3 Å². The molecule has 5 heteroatoms. The van der Waals surface area contributed by atoms with Gasteiger partial charge in [0.25, 0.3) is 5.91 Å². The van der Waals surface area contributed by atoms with Gasteiger partial charge < -0.3 is 10.0 Å². The molecular weight excluding hydrogens is 398 g/mol. The number of rotatable bonds is 3. The lowest BCUT2D eigenvalue weighted by Crippen LogP contribution is -2.51. The molecule has 0 saturated heterocycles. The Bertz CT molecular complexity index is 979. The summed E-state index contributed by atoms with van der Waals surface area (Å²) in [7, 11) is 0. The largest absolute Gasteiger partial charge is 0.375 e. The molecule has 0 unspecified atom stereocenters. The van der Waals surface area contributed by atoms with Gasteiger partial charge in [0, 0.05) is 17.0 Å². The minimum atomic E-state index is -1.82. The van der Waals surface area contributed by atoms with Crippen molar-refractivity contribution in [2.75, 3.05) is 4.90 Å². The van der Waals surface area contributed by atoms with Crippen molar-refractivity contribution in [3.05, 3.63) is 64.7 Å². The molecule has 158 valence electrons. The number of nitrogens with zero attached hydrogens (tertiary/aromatic N) is 1. The number of benzene rings is 2. The van der Waals surface area contributed by atoms with Gasteiger partial charge in [-0.05, 0) is 47.9 Å². The first kappa shape index (κ1) is 21.1. The smallest absolute Gasteiger partial charge is 0.264 e. The van der Waals surface area contributed by atoms with Gasteiger partial charge in [-0.1, -0.05) is 62.7 Å². The van der Waals surface area contributed by atoms with E-state index in [9.17, 15) is 14.7 Å². The molecule has 3 atom stereocenters. The number of hydrogen-bond donors (Lipinski definition) is 1. The lowest BCUT2D eigenvalue weighted by atomic mass is 9.63. The van der Waals surface area contributed by atoms with Gasteiger partial charge in [0.15, 0.2) is 5.60 Å². The fraction of sp³-hybridized carbons (Fsp3) is 0.440. The van der Waals surface area contributed by atoms with E-state index in [1.54, 1.807) is 23.1 Å². The predicted molar refractivity (Wildman–Crippen MR) is 118 cm³/mol. The molecule has 0 radical (unpaired) electrons. The standard InChI is InChI=1S/C25H28ClNO3/c1-24(2,3)17-10-13-22(28)20(14-17)25(30)19-6-4-5-7-21(19)27(23(25)29)15-16-8-11-18(26)12-9-16/h4-9,11-12,17,20,30H,10,13-15H2,1-3H3/t17-,20+,25-/m1/s1. The first-order valence-corrected chi connectivity index (χ1v) is 10.9. The van der Waals surface area contributed by atoms with Gasteiger partial charge in [0.2, 0.25) is 0 Å². The number of para-hydroxylation sites is 1. The Kier molecular flexibility index (Phi) is 5.27. The first-order valence-electron chi connectivity index (χ1n) is 10.5. The molecule has 1 aliphatic carbocycles. The van der Waals surface area contributed by atoms with Gasteiger partial charge in [-0.3, -0.25) is 9.59 Å². The minimum absolute atomic E-state index is 0.0134. The predicted octanol–water partition coefficient (Wildman–Crippen LogP) is 5.11. The fourth-order valence-electron chi connectivity index (χ4n) is 4.94. The van der Waals surface area contributed by atoms with E-state index in [0.717, 1.165) is 12.0 Å². The molecule has 0 spiro atoms. The molecule has 0 bridgehead atoms. The van der Waals surface area contributed by atoms with E-state index in [0.29, 0.717) is 35.7 Å². The maximum absolute atomic E-state index is 13.7. The van der Waals surface area contributed by atoms with E-state index in [1.165, 1.54) is 0 Å². The van der Waals surface area contributed by atoms with Gasteiger partial charge in [0.1, 0.15) is 5.78 Å². The highest BCUT2D eigenvalue weighted by Crippen LogP contribution is 2.51. The van der Waals surface area contributed by atoms with E-state index in [2.05, 4.69) is 20.8 Å². The molecule has 4 rings (SSSR count). The summed E-state index contributed by atoms with van der Waals surface area (Å²) in [6.45, 7) is 6.79. The van der Waals surface area contributed by atoms with Crippen LogP contribution in [-0.2, 0) is 21.7 Å². The monoisotopic (exact) mass is 425 g/mol. The van der Waals surface area contributed by atoms with Gasteiger partial charge in [-0.15, -0.1) is 0 Å². The first-order chi connectivity index (χ1) is 14.1. The number of carbonyl (C=O) groups is 2. The van der Waals surface area contributed by atoms with Crippen molar-refractivity contribution >= 4 is 29.0 Å². The summed E-state index contributed by atoms with van der Waals surface area (Å²) in [5.74, 6) is -0.880. The van der Waals surface area contributed by atoms with Gasteiger partial charge >= 0.3 is 0 Å². The molecular formula is C25H28ClNO3. The molecule has 1 aliphatic heterocycles. The summed E-state index contributed by atoms with van der Waals surface area (Å²) in [6.07, 6.45) is 1.73. The number of anilines is 1. The maximum Gasteiger partial charge on any atom is 0.264 e. The minimum Gasteiger partial charge on any atom is -0.375 e. The van der Waals surface area contributed by atoms with Crippen LogP contribution >= 0.6 is 11.6 Å². The van der Waals surface area contributed by atoms with Crippen LogP contribution < -0.4 is 4.90 Å². The Morgan fingerprint density at radius 2 is 1.77 bits per heavy atom. The summed E-state index contributed by atoms with van der Waals surface area (Å²) < 4.78 is 0. The van der Waals surface area contributed by atoms with Crippen LogP contribution in [0.25, 0.3) is 0 Å². The lowest BCUT2D eigenvalue weighted by Gasteiger charge is -2.41. The van der Waals surface area contributed by atoms with Crippen molar-refractivity contribution in [3.8, 4) is 0 Å².